The summed E-state index contributed by atoms with van der Waals surface area (Å²) in [5, 5.41) is 8.29. The van der Waals surface area contributed by atoms with E-state index in [9.17, 15) is 4.79 Å². The van der Waals surface area contributed by atoms with Gasteiger partial charge in [0, 0.05) is 23.5 Å². The summed E-state index contributed by atoms with van der Waals surface area (Å²) in [5.41, 5.74) is 4.95. The Kier molecular flexibility index (Phi) is 17.3. The molecule has 2 aromatic rings. The minimum atomic E-state index is -0.263. The van der Waals surface area contributed by atoms with Crippen LogP contribution >= 0.6 is 28.7 Å². The first-order chi connectivity index (χ1) is 20.3. The van der Waals surface area contributed by atoms with Gasteiger partial charge in [-0.15, -0.1) is 28.7 Å². The lowest BCUT2D eigenvalue weighted by atomic mass is 9.86. The maximum Gasteiger partial charge on any atom is 0.323 e. The Balaban J connectivity index is 0.00000645. The normalized spacial score (nSPS) is 13.0. The fourth-order valence-corrected chi connectivity index (χ4v) is 6.29. The van der Waals surface area contributed by atoms with Crippen LogP contribution in [0.5, 0.6) is 5.75 Å². The van der Waals surface area contributed by atoms with Crippen LogP contribution in [0.3, 0.4) is 0 Å². The van der Waals surface area contributed by atoms with E-state index in [-0.39, 0.29) is 28.4 Å². The fraction of sp³-hybridized carbons (Fsp3) is 0.583. The van der Waals surface area contributed by atoms with Crippen LogP contribution in [0.1, 0.15) is 123 Å². The Morgan fingerprint density at radius 1 is 0.884 bits per heavy atom. The average Bonchev–Trinajstić information content (AvgIpc) is 3.35. The van der Waals surface area contributed by atoms with Gasteiger partial charge in [0.05, 0.1) is 18.2 Å². The Labute approximate surface area is 276 Å². The van der Waals surface area contributed by atoms with Crippen molar-refractivity contribution in [1.29, 1.82) is 0 Å². The fourth-order valence-electron chi connectivity index (χ4n) is 5.35. The van der Waals surface area contributed by atoms with Crippen molar-refractivity contribution in [1.82, 2.24) is 4.90 Å². The van der Waals surface area contributed by atoms with Crippen molar-refractivity contribution in [2.24, 2.45) is 0 Å². The third-order valence-corrected chi connectivity index (χ3v) is 8.83. The molecule has 1 aliphatic heterocycles. The van der Waals surface area contributed by atoms with Crippen molar-refractivity contribution >= 4 is 46.1 Å². The monoisotopic (exact) mass is 673 g/mol. The smallest absolute Gasteiger partial charge is 0.323 e. The van der Waals surface area contributed by atoms with Gasteiger partial charge >= 0.3 is 6.03 Å². The Hall–Kier alpha value is -2.12. The maximum atomic E-state index is 13.1. The van der Waals surface area contributed by atoms with Crippen LogP contribution in [0.15, 0.2) is 53.6 Å². The first-order valence-electron chi connectivity index (χ1n) is 16.2. The summed E-state index contributed by atoms with van der Waals surface area (Å²) in [4.78, 5) is 15.4. The molecular weight excluding hydrogens is 618 g/mol. The first kappa shape index (κ1) is 37.1. The van der Waals surface area contributed by atoms with Gasteiger partial charge in [-0.3, -0.25) is 0 Å². The predicted octanol–water partition coefficient (Wildman–Crippen LogP) is 11.7. The Morgan fingerprint density at radius 3 is 2.12 bits per heavy atom. The molecule has 43 heavy (non-hydrogen) atoms. The highest BCUT2D eigenvalue weighted by Crippen LogP contribution is 2.37. The van der Waals surface area contributed by atoms with Crippen LogP contribution in [0.2, 0.25) is 0 Å². The van der Waals surface area contributed by atoms with Crippen molar-refractivity contribution in [3.63, 3.8) is 0 Å². The first-order valence-corrected chi connectivity index (χ1v) is 17.3. The summed E-state index contributed by atoms with van der Waals surface area (Å²) in [6.07, 6.45) is 15.8. The summed E-state index contributed by atoms with van der Waals surface area (Å²) >= 11 is 1.82. The zero-order chi connectivity index (χ0) is 30.2. The number of para-hydroxylation sites is 1. The molecule has 0 saturated heterocycles. The molecule has 0 fully saturated rings. The lowest BCUT2D eigenvalue weighted by molar-refractivity contribution is 0.261. The number of thioether (sulfide) groups is 1. The number of carbonyl (C=O) groups is 1. The number of allylic oxidation sites excluding steroid dienone is 1. The molecule has 1 aliphatic rings. The molecule has 0 unspecified atom stereocenters. The minimum Gasteiger partial charge on any atom is -0.491 e. The summed E-state index contributed by atoms with van der Waals surface area (Å²) in [5.74, 6) is 1.75. The average molecular weight is 675 g/mol. The molecule has 0 saturated carbocycles. The van der Waals surface area contributed by atoms with Crippen molar-refractivity contribution in [2.45, 2.75) is 124 Å². The number of anilines is 2. The second-order valence-electron chi connectivity index (χ2n) is 12.7. The number of rotatable bonds is 18. The summed E-state index contributed by atoms with van der Waals surface area (Å²) in [6, 6.07) is 13.9. The molecule has 0 bridgehead atoms. The number of ether oxygens (including phenoxy) is 1. The van der Waals surface area contributed by atoms with Crippen LogP contribution < -0.4 is 15.4 Å². The molecule has 7 heteroatoms. The van der Waals surface area contributed by atoms with Crippen molar-refractivity contribution in [2.75, 3.05) is 23.1 Å². The lowest BCUT2D eigenvalue weighted by Gasteiger charge is -2.25. The van der Waals surface area contributed by atoms with Gasteiger partial charge in [0.1, 0.15) is 5.75 Å². The molecule has 2 amide bonds. The van der Waals surface area contributed by atoms with E-state index in [0.717, 1.165) is 35.8 Å². The highest BCUT2D eigenvalue weighted by atomic mass is 79.9. The highest BCUT2D eigenvalue weighted by molar-refractivity contribution is 8.93. The topological polar surface area (TPSA) is 53.6 Å². The van der Waals surface area contributed by atoms with E-state index in [1.54, 1.807) is 0 Å². The molecule has 2 aromatic carbocycles. The van der Waals surface area contributed by atoms with Crippen molar-refractivity contribution in [3.05, 3.63) is 64.7 Å². The van der Waals surface area contributed by atoms with Gasteiger partial charge in [0.2, 0.25) is 0 Å². The van der Waals surface area contributed by atoms with Crippen LogP contribution in [0.4, 0.5) is 16.2 Å². The second kappa shape index (κ2) is 20.0. The predicted molar refractivity (Wildman–Crippen MR) is 193 cm³/mol. The van der Waals surface area contributed by atoms with E-state index in [2.05, 4.69) is 67.7 Å². The number of unbranched alkanes of at least 4 members (excludes halogenated alkanes) is 11. The molecule has 240 valence electrons. The SMILES string of the molecule is Br.CCCCCCCCCCCCCCOc1c(NC(=O)Nc2cccc(CN3CSC=C3C)c2)cccc1C(C)(C)C. The lowest BCUT2D eigenvalue weighted by Crippen LogP contribution is -2.22. The van der Waals surface area contributed by atoms with Gasteiger partial charge in [-0.05, 0) is 47.9 Å². The number of amides is 2. The molecule has 1 heterocycles. The third-order valence-electron chi connectivity index (χ3n) is 7.86. The number of benzene rings is 2. The molecule has 0 aromatic heterocycles. The highest BCUT2D eigenvalue weighted by Gasteiger charge is 2.22. The molecule has 3 rings (SSSR count). The molecule has 2 N–H and O–H groups in total. The molecule has 0 aliphatic carbocycles. The van der Waals surface area contributed by atoms with E-state index >= 15 is 0 Å². The van der Waals surface area contributed by atoms with E-state index in [1.165, 1.54) is 81.9 Å². The maximum absolute atomic E-state index is 13.1. The Morgan fingerprint density at radius 2 is 1.51 bits per heavy atom. The van der Waals surface area contributed by atoms with Crippen LogP contribution in [0, 0.1) is 0 Å². The van der Waals surface area contributed by atoms with Gasteiger partial charge in [0.15, 0.2) is 0 Å². The summed E-state index contributed by atoms with van der Waals surface area (Å²) in [6.45, 7) is 12.5. The zero-order valence-corrected chi connectivity index (χ0v) is 29.8. The number of hydrogen-bond donors (Lipinski definition) is 2. The van der Waals surface area contributed by atoms with E-state index in [4.69, 9.17) is 4.74 Å². The largest absolute Gasteiger partial charge is 0.491 e. The third kappa shape index (κ3) is 13.6. The number of urea groups is 1. The molecule has 0 spiro atoms. The molecule has 0 radical (unpaired) electrons. The van der Waals surface area contributed by atoms with E-state index in [1.807, 2.05) is 42.1 Å². The van der Waals surface area contributed by atoms with Gasteiger partial charge in [-0.25, -0.2) is 4.79 Å². The van der Waals surface area contributed by atoms with Crippen molar-refractivity contribution in [3.8, 4) is 5.75 Å². The van der Waals surface area contributed by atoms with E-state index < -0.39 is 0 Å². The quantitative estimate of drug-likeness (QED) is 0.155. The van der Waals surface area contributed by atoms with Gasteiger partial charge in [0.25, 0.3) is 0 Å². The summed E-state index contributed by atoms with van der Waals surface area (Å²) < 4.78 is 6.39. The number of carbonyl (C=O) groups excluding carboxylic acids is 1. The number of halogens is 1. The number of nitrogens with one attached hydrogen (secondary N) is 2. The second-order valence-corrected chi connectivity index (χ2v) is 13.5. The molecule has 0 atom stereocenters. The standard InChI is InChI=1S/C36H55N3O2S.BrH/c1-6-7-8-9-10-11-12-13-14-15-16-17-24-41-34-32(36(3,4)5)22-19-23-33(34)38-35(40)37-31-21-18-20-30(25-31)26-39-28-42-27-29(39)2;/h18-23,25,27H,6-17,24,26,28H2,1-5H3,(H2,37,38,40);1H. The van der Waals surface area contributed by atoms with Gasteiger partial charge in [-0.1, -0.05) is 123 Å². The minimum absolute atomic E-state index is 0. The zero-order valence-electron chi connectivity index (χ0n) is 27.3. The number of nitrogens with zero attached hydrogens (tertiary/aromatic N) is 1. The summed E-state index contributed by atoms with van der Waals surface area (Å²) in [7, 11) is 0. The van der Waals surface area contributed by atoms with Crippen LogP contribution in [0.25, 0.3) is 0 Å². The van der Waals surface area contributed by atoms with Crippen LogP contribution in [-0.4, -0.2) is 23.4 Å². The van der Waals surface area contributed by atoms with Gasteiger partial charge < -0.3 is 20.3 Å². The number of hydrogen-bond acceptors (Lipinski definition) is 4. The van der Waals surface area contributed by atoms with E-state index in [0.29, 0.717) is 12.3 Å². The van der Waals surface area contributed by atoms with Gasteiger partial charge in [-0.2, -0.15) is 0 Å². The molecule has 5 nitrogen and oxygen atoms in total. The van der Waals surface area contributed by atoms with Crippen molar-refractivity contribution < 1.29 is 9.53 Å². The Bertz CT molecular complexity index is 1130. The van der Waals surface area contributed by atoms with Crippen LogP contribution in [-0.2, 0) is 12.0 Å². The molecular formula is C36H56BrN3O2S.